The number of rotatable bonds is 8. The zero-order valence-electron chi connectivity index (χ0n) is 23.6. The Bertz CT molecular complexity index is 2030. The number of halogens is 2. The summed E-state index contributed by atoms with van der Waals surface area (Å²) in [7, 11) is 0. The Morgan fingerprint density at radius 1 is 0.932 bits per heavy atom. The average molecular weight is 642 g/mol. The van der Waals surface area contributed by atoms with E-state index < -0.39 is 12.0 Å². The summed E-state index contributed by atoms with van der Waals surface area (Å²) in [6.45, 7) is 2.27. The predicted molar refractivity (Wildman–Crippen MR) is 175 cm³/mol. The normalized spacial score (nSPS) is 14.6. The van der Waals surface area contributed by atoms with Gasteiger partial charge >= 0.3 is 5.97 Å². The minimum absolute atomic E-state index is 0.181. The lowest BCUT2D eigenvalue weighted by atomic mass is 9.93. The van der Waals surface area contributed by atoms with E-state index in [1.165, 1.54) is 11.3 Å². The van der Waals surface area contributed by atoms with Gasteiger partial charge in [-0.1, -0.05) is 107 Å². The van der Waals surface area contributed by atoms with Crippen LogP contribution in [-0.2, 0) is 16.1 Å². The van der Waals surface area contributed by atoms with Gasteiger partial charge in [0.1, 0.15) is 12.4 Å². The molecule has 0 unspecified atom stereocenters. The Kier molecular flexibility index (Phi) is 8.79. The van der Waals surface area contributed by atoms with Crippen LogP contribution in [-0.4, -0.2) is 17.1 Å². The van der Waals surface area contributed by atoms with Crippen molar-refractivity contribution in [3.63, 3.8) is 0 Å². The Morgan fingerprint density at radius 2 is 1.64 bits per heavy atom. The molecule has 0 fully saturated rings. The molecule has 1 atom stereocenters. The lowest BCUT2D eigenvalue weighted by Crippen LogP contribution is -2.40. The molecular formula is C35H26Cl2N2O4S. The van der Waals surface area contributed by atoms with Crippen molar-refractivity contribution in [1.82, 2.24) is 4.57 Å². The van der Waals surface area contributed by atoms with E-state index in [9.17, 15) is 9.59 Å². The summed E-state index contributed by atoms with van der Waals surface area (Å²) in [4.78, 5) is 32.9. The fraction of sp³-hybridized carbons (Fsp3) is 0.114. The standard InChI is InChI=1S/C35H26Cl2N2O4S/c1-2-42-34(41)30-31(23-8-4-3-5-9-23)38-35-39(32(30)24-14-16-26(36)17-15-24)33(40)29(44-35)20-22-12-18-27(19-13-22)43-21-25-10-6-7-11-28(25)37/h3-20,32H,2,21H2,1H3/b29-20+/t32-/m1/s1. The van der Waals surface area contributed by atoms with E-state index in [1.807, 2.05) is 97.1 Å². The molecule has 0 N–H and O–H groups in total. The van der Waals surface area contributed by atoms with Crippen LogP contribution >= 0.6 is 34.5 Å². The second kappa shape index (κ2) is 13.1. The van der Waals surface area contributed by atoms with Crippen molar-refractivity contribution in [3.05, 3.63) is 161 Å². The van der Waals surface area contributed by atoms with Gasteiger partial charge in [0, 0.05) is 21.2 Å². The highest BCUT2D eigenvalue weighted by Gasteiger charge is 2.35. The van der Waals surface area contributed by atoms with E-state index in [-0.39, 0.29) is 12.2 Å². The molecule has 0 bridgehead atoms. The Hall–Kier alpha value is -4.43. The molecule has 220 valence electrons. The van der Waals surface area contributed by atoms with Gasteiger partial charge in [0.05, 0.1) is 28.5 Å². The number of aromatic nitrogens is 1. The minimum atomic E-state index is -0.763. The second-order valence-corrected chi connectivity index (χ2v) is 11.8. The number of carbonyl (C=O) groups excluding carboxylic acids is 1. The van der Waals surface area contributed by atoms with Crippen molar-refractivity contribution in [2.24, 2.45) is 4.99 Å². The molecule has 0 saturated carbocycles. The summed E-state index contributed by atoms with van der Waals surface area (Å²) in [5.74, 6) is 0.148. The maximum absolute atomic E-state index is 14.0. The van der Waals surface area contributed by atoms with Crippen molar-refractivity contribution >= 4 is 52.3 Å². The number of esters is 1. The molecule has 6 nitrogen and oxygen atoms in total. The van der Waals surface area contributed by atoms with E-state index in [1.54, 1.807) is 23.6 Å². The van der Waals surface area contributed by atoms with Crippen molar-refractivity contribution in [2.45, 2.75) is 19.6 Å². The Morgan fingerprint density at radius 3 is 2.34 bits per heavy atom. The third-order valence-corrected chi connectivity index (χ3v) is 8.69. The molecule has 9 heteroatoms. The van der Waals surface area contributed by atoms with E-state index >= 15 is 0 Å². The first-order valence-corrected chi connectivity index (χ1v) is 15.5. The predicted octanol–water partition coefficient (Wildman–Crippen LogP) is 6.82. The van der Waals surface area contributed by atoms with Crippen LogP contribution in [0.4, 0.5) is 0 Å². The van der Waals surface area contributed by atoms with Gasteiger partial charge in [-0.2, -0.15) is 0 Å². The van der Waals surface area contributed by atoms with Crippen molar-refractivity contribution in [1.29, 1.82) is 0 Å². The van der Waals surface area contributed by atoms with Crippen LogP contribution in [0.5, 0.6) is 5.75 Å². The van der Waals surface area contributed by atoms with Crippen LogP contribution in [0.3, 0.4) is 0 Å². The van der Waals surface area contributed by atoms with Gasteiger partial charge in [-0.25, -0.2) is 9.79 Å². The monoisotopic (exact) mass is 640 g/mol. The van der Waals surface area contributed by atoms with Gasteiger partial charge in [-0.15, -0.1) is 0 Å². The lowest BCUT2D eigenvalue weighted by Gasteiger charge is -2.25. The molecule has 1 aromatic heterocycles. The van der Waals surface area contributed by atoms with Gasteiger partial charge in [0.25, 0.3) is 5.56 Å². The fourth-order valence-corrected chi connectivity index (χ4v) is 6.31. The zero-order valence-corrected chi connectivity index (χ0v) is 25.9. The van der Waals surface area contributed by atoms with Crippen molar-refractivity contribution < 1.29 is 14.3 Å². The second-order valence-electron chi connectivity index (χ2n) is 9.93. The summed E-state index contributed by atoms with van der Waals surface area (Å²) < 4.78 is 13.5. The Labute approximate surface area is 267 Å². The van der Waals surface area contributed by atoms with Crippen LogP contribution in [0.2, 0.25) is 10.0 Å². The number of thiazole rings is 1. The molecule has 5 aromatic rings. The van der Waals surface area contributed by atoms with Crippen LogP contribution in [0, 0.1) is 0 Å². The molecule has 0 aliphatic carbocycles. The fourth-order valence-electron chi connectivity index (χ4n) is 4.99. The first kappa shape index (κ1) is 29.6. The molecule has 0 spiro atoms. The van der Waals surface area contributed by atoms with Crippen LogP contribution in [0.25, 0.3) is 11.8 Å². The Balaban J connectivity index is 1.43. The van der Waals surface area contributed by atoms with Crippen molar-refractivity contribution in [3.8, 4) is 5.75 Å². The average Bonchev–Trinajstić information content (AvgIpc) is 3.35. The number of hydrogen-bond acceptors (Lipinski definition) is 6. The molecular weight excluding hydrogens is 615 g/mol. The maximum Gasteiger partial charge on any atom is 0.338 e. The zero-order chi connectivity index (χ0) is 30.6. The smallest absolute Gasteiger partial charge is 0.338 e. The van der Waals surface area contributed by atoms with E-state index in [0.717, 1.165) is 16.7 Å². The molecule has 0 amide bonds. The van der Waals surface area contributed by atoms with Gasteiger partial charge in [0.15, 0.2) is 4.80 Å². The van der Waals surface area contributed by atoms with Crippen LogP contribution in [0.15, 0.2) is 118 Å². The summed E-state index contributed by atoms with van der Waals surface area (Å²) >= 11 is 13.7. The lowest BCUT2D eigenvalue weighted by molar-refractivity contribution is -0.138. The van der Waals surface area contributed by atoms with Crippen molar-refractivity contribution in [2.75, 3.05) is 6.61 Å². The van der Waals surface area contributed by atoms with Crippen LogP contribution < -0.4 is 19.6 Å². The van der Waals surface area contributed by atoms with Gasteiger partial charge < -0.3 is 9.47 Å². The number of carbonyl (C=O) groups is 1. The topological polar surface area (TPSA) is 69.9 Å². The molecule has 0 radical (unpaired) electrons. The highest BCUT2D eigenvalue weighted by Crippen LogP contribution is 2.35. The molecule has 6 rings (SSSR count). The largest absolute Gasteiger partial charge is 0.489 e. The first-order chi connectivity index (χ1) is 21.4. The highest BCUT2D eigenvalue weighted by molar-refractivity contribution is 7.07. The molecule has 1 aliphatic rings. The first-order valence-electron chi connectivity index (χ1n) is 13.9. The van der Waals surface area contributed by atoms with E-state index in [4.69, 9.17) is 37.7 Å². The number of ether oxygens (including phenoxy) is 2. The molecule has 4 aromatic carbocycles. The van der Waals surface area contributed by atoms with Gasteiger partial charge in [0.2, 0.25) is 0 Å². The minimum Gasteiger partial charge on any atom is -0.489 e. The molecule has 44 heavy (non-hydrogen) atoms. The summed E-state index contributed by atoms with van der Waals surface area (Å²) in [5.41, 5.74) is 3.67. The summed E-state index contributed by atoms with van der Waals surface area (Å²) in [6.07, 6.45) is 1.82. The molecule has 2 heterocycles. The summed E-state index contributed by atoms with van der Waals surface area (Å²) in [5, 5.41) is 1.20. The van der Waals surface area contributed by atoms with Crippen LogP contribution in [0.1, 0.15) is 35.2 Å². The van der Waals surface area contributed by atoms with E-state index in [0.29, 0.717) is 48.6 Å². The third kappa shape index (κ3) is 6.13. The number of fused-ring (bicyclic) bond motifs is 1. The molecule has 1 aliphatic heterocycles. The maximum atomic E-state index is 14.0. The highest BCUT2D eigenvalue weighted by atomic mass is 35.5. The quantitative estimate of drug-likeness (QED) is 0.175. The summed E-state index contributed by atoms with van der Waals surface area (Å²) in [6, 6.07) is 30.8. The van der Waals surface area contributed by atoms with Gasteiger partial charge in [-0.3, -0.25) is 9.36 Å². The number of nitrogens with zero attached hydrogens (tertiary/aromatic N) is 2. The number of benzene rings is 4. The molecule has 0 saturated heterocycles. The SMILES string of the molecule is CCOC(=O)C1=C(c2ccccc2)N=c2s/c(=C/c3ccc(OCc4ccccc4Cl)cc3)c(=O)n2[C@@H]1c1ccc(Cl)cc1. The number of hydrogen-bond donors (Lipinski definition) is 0. The third-order valence-electron chi connectivity index (χ3n) is 7.09. The van der Waals surface area contributed by atoms with Gasteiger partial charge in [-0.05, 0) is 54.5 Å². The van der Waals surface area contributed by atoms with E-state index in [2.05, 4.69) is 0 Å².